The van der Waals surface area contributed by atoms with Crippen LogP contribution in [0.25, 0.3) is 0 Å². The van der Waals surface area contributed by atoms with Crippen LogP contribution in [0.5, 0.6) is 0 Å². The number of piperidine rings is 1. The van der Waals surface area contributed by atoms with E-state index in [9.17, 15) is 9.90 Å². The molecule has 1 unspecified atom stereocenters. The fourth-order valence-corrected chi connectivity index (χ4v) is 4.99. The molecule has 7 heteroatoms. The number of thiophene rings is 1. The van der Waals surface area contributed by atoms with Gasteiger partial charge in [0.15, 0.2) is 0 Å². The van der Waals surface area contributed by atoms with E-state index in [2.05, 4.69) is 15.9 Å². The van der Waals surface area contributed by atoms with Crippen molar-refractivity contribution in [3.8, 4) is 0 Å². The molecule has 0 radical (unpaired) electrons. The third-order valence-corrected chi connectivity index (χ3v) is 6.08. The van der Waals surface area contributed by atoms with Crippen molar-refractivity contribution in [3.05, 3.63) is 20.3 Å². The molecule has 1 fully saturated rings. The summed E-state index contributed by atoms with van der Waals surface area (Å²) in [5, 5.41) is 10.1. The van der Waals surface area contributed by atoms with Gasteiger partial charge in [0.05, 0.1) is 10.4 Å². The average molecular weight is 404 g/mol. The largest absolute Gasteiger partial charge is 0.444 e. The topological polar surface area (TPSA) is 59.0 Å². The zero-order chi connectivity index (χ0) is 16.8. The number of halogens is 1. The van der Waals surface area contributed by atoms with E-state index in [4.69, 9.17) is 9.47 Å². The van der Waals surface area contributed by atoms with Gasteiger partial charge in [-0.3, -0.25) is 0 Å². The van der Waals surface area contributed by atoms with E-state index < -0.39 is 11.7 Å². The Balaban J connectivity index is 1.74. The Kier molecular flexibility index (Phi) is 4.50. The zero-order valence-corrected chi connectivity index (χ0v) is 16.0. The number of aliphatic hydroxyl groups is 1. The van der Waals surface area contributed by atoms with Gasteiger partial charge in [-0.1, -0.05) is 0 Å². The van der Waals surface area contributed by atoms with E-state index in [1.807, 2.05) is 26.8 Å². The lowest BCUT2D eigenvalue weighted by molar-refractivity contribution is -0.127. The van der Waals surface area contributed by atoms with E-state index in [-0.39, 0.29) is 11.7 Å². The minimum atomic E-state index is -0.568. The molecule has 0 saturated carbocycles. The highest BCUT2D eigenvalue weighted by molar-refractivity contribution is 9.11. The van der Waals surface area contributed by atoms with Crippen LogP contribution < -0.4 is 0 Å². The summed E-state index contributed by atoms with van der Waals surface area (Å²) >= 11 is 5.12. The summed E-state index contributed by atoms with van der Waals surface area (Å²) in [6, 6.07) is 1.98. The van der Waals surface area contributed by atoms with Crippen LogP contribution in [0.4, 0.5) is 4.79 Å². The summed E-state index contributed by atoms with van der Waals surface area (Å²) in [6.07, 6.45) is 0.607. The molecule has 5 nitrogen and oxygen atoms in total. The van der Waals surface area contributed by atoms with Gasteiger partial charge in [-0.15, -0.1) is 11.3 Å². The summed E-state index contributed by atoms with van der Waals surface area (Å²) in [5.74, 6) is 0. The lowest BCUT2D eigenvalue weighted by atomic mass is 9.85. The van der Waals surface area contributed by atoms with Crippen LogP contribution in [0.1, 0.15) is 50.2 Å². The van der Waals surface area contributed by atoms with Crippen molar-refractivity contribution in [1.82, 2.24) is 4.90 Å². The first-order chi connectivity index (χ1) is 10.7. The van der Waals surface area contributed by atoms with E-state index in [0.29, 0.717) is 19.7 Å². The van der Waals surface area contributed by atoms with Crippen molar-refractivity contribution < 1.29 is 19.4 Å². The van der Waals surface area contributed by atoms with Crippen molar-refractivity contribution in [2.45, 2.75) is 50.9 Å². The van der Waals surface area contributed by atoms with Gasteiger partial charge in [-0.05, 0) is 55.6 Å². The maximum Gasteiger partial charge on any atom is 0.410 e. The Hall–Kier alpha value is -0.630. The maximum absolute atomic E-state index is 12.2. The van der Waals surface area contributed by atoms with Crippen LogP contribution in [-0.4, -0.2) is 41.4 Å². The molecule has 2 aliphatic heterocycles. The van der Waals surface area contributed by atoms with Crippen molar-refractivity contribution >= 4 is 33.4 Å². The Labute approximate surface area is 148 Å². The highest BCUT2D eigenvalue weighted by Gasteiger charge is 2.45. The molecular weight excluding hydrogens is 382 g/mol. The number of ether oxygens (including phenoxy) is 2. The first-order valence-electron chi connectivity index (χ1n) is 7.80. The lowest BCUT2D eigenvalue weighted by Gasteiger charge is -2.44. The summed E-state index contributed by atoms with van der Waals surface area (Å²) in [4.78, 5) is 15.0. The summed E-state index contributed by atoms with van der Waals surface area (Å²) in [7, 11) is 0. The minimum Gasteiger partial charge on any atom is -0.444 e. The van der Waals surface area contributed by atoms with Gasteiger partial charge < -0.3 is 19.5 Å². The second kappa shape index (κ2) is 6.02. The summed E-state index contributed by atoms with van der Waals surface area (Å²) < 4.78 is 12.5. The zero-order valence-electron chi connectivity index (χ0n) is 13.6. The molecule has 1 saturated heterocycles. The van der Waals surface area contributed by atoms with Gasteiger partial charge in [0.1, 0.15) is 17.3 Å². The van der Waals surface area contributed by atoms with Gasteiger partial charge in [0, 0.05) is 23.5 Å². The number of aliphatic hydroxyl groups excluding tert-OH is 1. The van der Waals surface area contributed by atoms with E-state index in [0.717, 1.165) is 27.1 Å². The molecule has 1 aromatic rings. The monoisotopic (exact) mass is 403 g/mol. The van der Waals surface area contributed by atoms with Gasteiger partial charge in [0.25, 0.3) is 0 Å². The lowest BCUT2D eigenvalue weighted by Crippen LogP contribution is -2.49. The smallest absolute Gasteiger partial charge is 0.410 e. The summed E-state index contributed by atoms with van der Waals surface area (Å²) in [5.41, 5.74) is 0.0894. The van der Waals surface area contributed by atoms with Crippen molar-refractivity contribution in [3.63, 3.8) is 0 Å². The maximum atomic E-state index is 12.2. The number of hydrogen-bond donors (Lipinski definition) is 1. The molecule has 23 heavy (non-hydrogen) atoms. The SMILES string of the molecule is CC(C)(C)OC(=O)N1CCC2(CC1)OCC(O)c1cc(Br)sc12. The molecule has 1 atom stereocenters. The molecule has 3 heterocycles. The van der Waals surface area contributed by atoms with Gasteiger partial charge in [-0.2, -0.15) is 0 Å². The van der Waals surface area contributed by atoms with E-state index in [1.54, 1.807) is 16.2 Å². The standard InChI is InChI=1S/C16H22BrNO4S/c1-15(2,3)22-14(20)18-6-4-16(5-7-18)13-10(8-12(17)23-13)11(19)9-21-16/h8,11,19H,4-7,9H2,1-3H3. The third kappa shape index (κ3) is 3.43. The first-order valence-corrected chi connectivity index (χ1v) is 9.41. The number of carbonyl (C=O) groups excluding carboxylic acids is 1. The first kappa shape index (κ1) is 17.2. The van der Waals surface area contributed by atoms with Gasteiger partial charge in [-0.25, -0.2) is 4.79 Å². The number of amides is 1. The molecule has 0 aromatic carbocycles. The van der Waals surface area contributed by atoms with E-state index >= 15 is 0 Å². The second-order valence-electron chi connectivity index (χ2n) is 7.12. The molecule has 128 valence electrons. The second-order valence-corrected chi connectivity index (χ2v) is 9.55. The highest BCUT2D eigenvalue weighted by atomic mass is 79.9. The third-order valence-electron chi connectivity index (χ3n) is 4.24. The average Bonchev–Trinajstić information content (AvgIpc) is 2.86. The van der Waals surface area contributed by atoms with Crippen molar-refractivity contribution in [2.75, 3.05) is 19.7 Å². The molecule has 1 N–H and O–H groups in total. The predicted octanol–water partition coefficient (Wildman–Crippen LogP) is 3.80. The molecular formula is C16H22BrNO4S. The number of carbonyl (C=O) groups is 1. The molecule has 1 amide bonds. The number of hydrogen-bond acceptors (Lipinski definition) is 5. The van der Waals surface area contributed by atoms with Gasteiger partial charge >= 0.3 is 6.09 Å². The Morgan fingerprint density at radius 2 is 2.13 bits per heavy atom. The van der Waals surface area contributed by atoms with Crippen LogP contribution in [-0.2, 0) is 15.1 Å². The number of fused-ring (bicyclic) bond motifs is 2. The normalized spacial score (nSPS) is 23.7. The number of nitrogens with zero attached hydrogens (tertiary/aromatic N) is 1. The molecule has 0 aliphatic carbocycles. The van der Waals surface area contributed by atoms with Crippen LogP contribution in [0.15, 0.2) is 9.85 Å². The Bertz CT molecular complexity index is 602. The fraction of sp³-hybridized carbons (Fsp3) is 0.688. The molecule has 3 rings (SSSR count). The van der Waals surface area contributed by atoms with Crippen molar-refractivity contribution in [1.29, 1.82) is 0 Å². The minimum absolute atomic E-state index is 0.268. The quantitative estimate of drug-likeness (QED) is 0.715. The molecule has 1 spiro atoms. The Morgan fingerprint density at radius 1 is 1.48 bits per heavy atom. The number of rotatable bonds is 0. The number of likely N-dealkylation sites (tertiary alicyclic amines) is 1. The Morgan fingerprint density at radius 3 is 2.74 bits per heavy atom. The summed E-state index contributed by atoms with van der Waals surface area (Å²) in [6.45, 7) is 7.12. The molecule has 1 aromatic heterocycles. The van der Waals surface area contributed by atoms with Gasteiger partial charge in [0.2, 0.25) is 0 Å². The van der Waals surface area contributed by atoms with Crippen LogP contribution in [0.2, 0.25) is 0 Å². The van der Waals surface area contributed by atoms with Crippen molar-refractivity contribution in [2.24, 2.45) is 0 Å². The predicted molar refractivity (Wildman–Crippen MR) is 91.6 cm³/mol. The molecule has 2 aliphatic rings. The highest BCUT2D eigenvalue weighted by Crippen LogP contribution is 2.49. The van der Waals surface area contributed by atoms with E-state index in [1.165, 1.54) is 0 Å². The van der Waals surface area contributed by atoms with Crippen LogP contribution >= 0.6 is 27.3 Å². The molecule has 0 bridgehead atoms. The van der Waals surface area contributed by atoms with Crippen LogP contribution in [0.3, 0.4) is 0 Å². The fourth-order valence-electron chi connectivity index (χ4n) is 3.12. The van der Waals surface area contributed by atoms with Crippen LogP contribution in [0, 0.1) is 0 Å².